The summed E-state index contributed by atoms with van der Waals surface area (Å²) in [5.41, 5.74) is -1.42. The second-order valence-corrected chi connectivity index (χ2v) is 9.15. The normalized spacial score (nSPS) is 14.1. The molecule has 0 spiro atoms. The van der Waals surface area contributed by atoms with E-state index in [1.54, 1.807) is 49.4 Å². The molecule has 1 amide bonds. The highest BCUT2D eigenvalue weighted by Gasteiger charge is 2.50. The van der Waals surface area contributed by atoms with E-state index in [0.717, 1.165) is 4.47 Å². The molecule has 2 atom stereocenters. The highest BCUT2D eigenvalue weighted by molar-refractivity contribution is 9.10. The number of carbonyl (C=O) groups excluding carboxylic acids is 2. The third-order valence-electron chi connectivity index (χ3n) is 4.87. The van der Waals surface area contributed by atoms with Crippen molar-refractivity contribution in [3.05, 3.63) is 58.1 Å². The third-order valence-corrected chi connectivity index (χ3v) is 5.40. The van der Waals surface area contributed by atoms with Crippen LogP contribution in [-0.4, -0.2) is 44.9 Å². The van der Waals surface area contributed by atoms with Crippen molar-refractivity contribution in [3.8, 4) is 11.5 Å². The number of benzene rings is 2. The Kier molecular flexibility index (Phi) is 8.31. The largest absolute Gasteiger partial charge is 0.497 e. The zero-order valence-electron chi connectivity index (χ0n) is 19.4. The molecule has 0 aliphatic carbocycles. The fourth-order valence-electron chi connectivity index (χ4n) is 3.43. The summed E-state index contributed by atoms with van der Waals surface area (Å²) in [6.07, 6.45) is -0.771. The van der Waals surface area contributed by atoms with Crippen molar-refractivity contribution in [1.29, 1.82) is 0 Å². The van der Waals surface area contributed by atoms with E-state index >= 15 is 0 Å². The van der Waals surface area contributed by atoms with Gasteiger partial charge >= 0.3 is 5.97 Å². The van der Waals surface area contributed by atoms with Crippen LogP contribution in [0, 0.1) is 0 Å². The molecule has 1 N–H and O–H groups in total. The molecule has 7 nitrogen and oxygen atoms in total. The maximum Gasteiger partial charge on any atom is 0.339 e. The van der Waals surface area contributed by atoms with Crippen LogP contribution in [0.5, 0.6) is 11.5 Å². The number of carbonyl (C=O) groups is 2. The summed E-state index contributed by atoms with van der Waals surface area (Å²) in [5, 5.41) is 2.89. The van der Waals surface area contributed by atoms with Gasteiger partial charge in [0.2, 0.25) is 0 Å². The summed E-state index contributed by atoms with van der Waals surface area (Å²) in [6, 6.07) is 11.9. The van der Waals surface area contributed by atoms with E-state index in [1.807, 2.05) is 20.8 Å². The van der Waals surface area contributed by atoms with Gasteiger partial charge in [-0.2, -0.15) is 0 Å². The van der Waals surface area contributed by atoms with Gasteiger partial charge in [-0.05, 0) is 57.5 Å². The van der Waals surface area contributed by atoms with Gasteiger partial charge in [-0.1, -0.05) is 28.1 Å². The number of methoxy groups -OCH3 is 3. The zero-order chi connectivity index (χ0) is 24.1. The number of hydrogen-bond acceptors (Lipinski definition) is 6. The molecule has 0 fully saturated rings. The predicted octanol–water partition coefficient (Wildman–Crippen LogP) is 4.47. The Morgan fingerprint density at radius 2 is 1.47 bits per heavy atom. The fraction of sp³-hybridized carbons (Fsp3) is 0.417. The van der Waals surface area contributed by atoms with Crippen LogP contribution in [0.3, 0.4) is 0 Å². The number of amides is 1. The fourth-order valence-corrected chi connectivity index (χ4v) is 3.69. The first-order valence-corrected chi connectivity index (χ1v) is 10.8. The van der Waals surface area contributed by atoms with Gasteiger partial charge in [0.05, 0.1) is 33.0 Å². The van der Waals surface area contributed by atoms with Crippen LogP contribution in [0.15, 0.2) is 46.9 Å². The SMILES string of the molecule is COC(=O)[C@](NC(=O)c1cc(OC)cc(OC)c1)(c1ccc(Br)cc1)[C@@H](C)OC(C)(C)C. The van der Waals surface area contributed by atoms with E-state index in [9.17, 15) is 9.59 Å². The number of halogens is 1. The van der Waals surface area contributed by atoms with Crippen molar-refractivity contribution < 1.29 is 28.5 Å². The first-order valence-electron chi connectivity index (χ1n) is 10.0. The number of ether oxygens (including phenoxy) is 4. The van der Waals surface area contributed by atoms with Crippen molar-refractivity contribution in [2.24, 2.45) is 0 Å². The molecule has 0 bridgehead atoms. The van der Waals surface area contributed by atoms with Crippen LogP contribution in [-0.2, 0) is 19.8 Å². The molecule has 174 valence electrons. The lowest BCUT2D eigenvalue weighted by Gasteiger charge is -2.40. The second-order valence-electron chi connectivity index (χ2n) is 8.23. The van der Waals surface area contributed by atoms with E-state index in [2.05, 4.69) is 21.2 Å². The van der Waals surface area contributed by atoms with Crippen LogP contribution in [0.25, 0.3) is 0 Å². The minimum atomic E-state index is -1.61. The smallest absolute Gasteiger partial charge is 0.339 e. The van der Waals surface area contributed by atoms with Gasteiger partial charge in [0.15, 0.2) is 5.54 Å². The molecular formula is C24H30BrNO6. The molecule has 32 heavy (non-hydrogen) atoms. The van der Waals surface area contributed by atoms with Gasteiger partial charge in [-0.25, -0.2) is 4.79 Å². The van der Waals surface area contributed by atoms with E-state index in [4.69, 9.17) is 18.9 Å². The molecule has 2 rings (SSSR count). The molecule has 0 saturated heterocycles. The quantitative estimate of drug-likeness (QED) is 0.530. The molecule has 0 aliphatic rings. The summed E-state index contributed by atoms with van der Waals surface area (Å²) in [5.74, 6) is -0.277. The minimum Gasteiger partial charge on any atom is -0.497 e. The lowest BCUT2D eigenvalue weighted by atomic mass is 9.84. The second kappa shape index (κ2) is 10.4. The summed E-state index contributed by atoms with van der Waals surface area (Å²) < 4.78 is 22.7. The van der Waals surface area contributed by atoms with Crippen LogP contribution in [0.1, 0.15) is 43.6 Å². The van der Waals surface area contributed by atoms with Crippen molar-refractivity contribution in [2.45, 2.75) is 44.9 Å². The summed E-state index contributed by atoms with van der Waals surface area (Å²) in [4.78, 5) is 26.7. The average molecular weight is 508 g/mol. The van der Waals surface area contributed by atoms with E-state index in [-0.39, 0.29) is 5.56 Å². The molecule has 0 aromatic heterocycles. The van der Waals surface area contributed by atoms with Crippen LogP contribution < -0.4 is 14.8 Å². The van der Waals surface area contributed by atoms with Crippen LogP contribution in [0.2, 0.25) is 0 Å². The molecule has 2 aromatic rings. The first-order chi connectivity index (χ1) is 15.0. The van der Waals surface area contributed by atoms with Gasteiger partial charge in [0.1, 0.15) is 11.5 Å². The molecular weight excluding hydrogens is 478 g/mol. The molecule has 0 radical (unpaired) electrons. The number of hydrogen-bond donors (Lipinski definition) is 1. The predicted molar refractivity (Wildman–Crippen MR) is 125 cm³/mol. The van der Waals surface area contributed by atoms with E-state index < -0.39 is 29.1 Å². The van der Waals surface area contributed by atoms with Crippen molar-refractivity contribution in [1.82, 2.24) is 5.32 Å². The number of esters is 1. The standard InChI is InChI=1S/C24H30BrNO6/c1-15(32-23(2,3)4)24(22(28)31-7,17-8-10-18(25)11-9-17)26-21(27)16-12-19(29-5)14-20(13-16)30-6/h8-15H,1-7H3,(H,26,27)/t15-,24-/m1/s1. The Labute approximate surface area is 197 Å². The van der Waals surface area contributed by atoms with Crippen molar-refractivity contribution in [3.63, 3.8) is 0 Å². The van der Waals surface area contributed by atoms with Crippen molar-refractivity contribution >= 4 is 27.8 Å². The Bertz CT molecular complexity index is 932. The molecule has 2 aromatic carbocycles. The van der Waals surface area contributed by atoms with E-state index in [0.29, 0.717) is 17.1 Å². The maximum atomic E-state index is 13.4. The Hall–Kier alpha value is -2.58. The molecule has 8 heteroatoms. The first kappa shape index (κ1) is 25.7. The topological polar surface area (TPSA) is 83.1 Å². The van der Waals surface area contributed by atoms with Gasteiger partial charge < -0.3 is 24.3 Å². The maximum absolute atomic E-state index is 13.4. The number of nitrogens with one attached hydrogen (secondary N) is 1. The minimum absolute atomic E-state index is 0.259. The van der Waals surface area contributed by atoms with Gasteiger partial charge in [-0.3, -0.25) is 4.79 Å². The number of rotatable bonds is 8. The van der Waals surface area contributed by atoms with Crippen LogP contribution in [0.4, 0.5) is 0 Å². The Morgan fingerprint density at radius 1 is 0.938 bits per heavy atom. The summed E-state index contributed by atoms with van der Waals surface area (Å²) in [7, 11) is 4.27. The van der Waals surface area contributed by atoms with Gasteiger partial charge in [0.25, 0.3) is 5.91 Å². The van der Waals surface area contributed by atoms with E-state index in [1.165, 1.54) is 21.3 Å². The average Bonchev–Trinajstić information content (AvgIpc) is 2.75. The van der Waals surface area contributed by atoms with Crippen LogP contribution >= 0.6 is 15.9 Å². The molecule has 0 saturated carbocycles. The van der Waals surface area contributed by atoms with Gasteiger partial charge in [0, 0.05) is 16.1 Å². The highest BCUT2D eigenvalue weighted by atomic mass is 79.9. The Balaban J connectivity index is 2.65. The summed E-state index contributed by atoms with van der Waals surface area (Å²) in [6.45, 7) is 7.36. The summed E-state index contributed by atoms with van der Waals surface area (Å²) >= 11 is 3.41. The zero-order valence-corrected chi connectivity index (χ0v) is 21.0. The Morgan fingerprint density at radius 3 is 1.91 bits per heavy atom. The molecule has 0 heterocycles. The molecule has 0 unspecified atom stereocenters. The lowest BCUT2D eigenvalue weighted by molar-refractivity contribution is -0.162. The third kappa shape index (κ3) is 5.81. The monoisotopic (exact) mass is 507 g/mol. The highest BCUT2D eigenvalue weighted by Crippen LogP contribution is 2.33. The van der Waals surface area contributed by atoms with Gasteiger partial charge in [-0.15, -0.1) is 0 Å². The van der Waals surface area contributed by atoms with Crippen molar-refractivity contribution in [2.75, 3.05) is 21.3 Å². The lowest BCUT2D eigenvalue weighted by Crippen LogP contribution is -2.60. The molecule has 0 aliphatic heterocycles.